The van der Waals surface area contributed by atoms with Gasteiger partial charge in [0.25, 0.3) is 5.69 Å². The Morgan fingerprint density at radius 2 is 1.92 bits per heavy atom. The Hall–Kier alpha value is -1.98. The molecule has 5 nitrogen and oxygen atoms in total. The Bertz CT molecular complexity index is 762. The minimum absolute atomic E-state index is 0.00336. The lowest BCUT2D eigenvalue weighted by Crippen LogP contribution is -2.05. The van der Waals surface area contributed by atoms with Crippen molar-refractivity contribution in [2.24, 2.45) is 5.92 Å². The Morgan fingerprint density at radius 3 is 2.46 bits per heavy atom. The summed E-state index contributed by atoms with van der Waals surface area (Å²) in [4.78, 5) is 10.6. The highest BCUT2D eigenvalue weighted by Crippen LogP contribution is 2.53. The second-order valence-electron chi connectivity index (χ2n) is 5.64. The summed E-state index contributed by atoms with van der Waals surface area (Å²) in [5.74, 6) is 1.33. The van der Waals surface area contributed by atoms with Gasteiger partial charge in [0, 0.05) is 23.6 Å². The predicted molar refractivity (Wildman–Crippen MR) is 93.1 cm³/mol. The molecule has 0 aromatic heterocycles. The summed E-state index contributed by atoms with van der Waals surface area (Å²) < 4.78 is 10.2. The van der Waals surface area contributed by atoms with Crippen molar-refractivity contribution in [3.63, 3.8) is 0 Å². The average molecular weight is 368 g/mol. The number of methoxy groups -OCH3 is 1. The molecule has 7 heteroatoms. The third kappa shape index (κ3) is 3.57. The predicted octanol–water partition coefficient (Wildman–Crippen LogP) is 4.84. The molecule has 0 saturated heterocycles. The molecule has 1 fully saturated rings. The van der Waals surface area contributed by atoms with Gasteiger partial charge in [-0.3, -0.25) is 10.1 Å². The fraction of sp³-hybridized carbons (Fsp3) is 0.294. The third-order valence-electron chi connectivity index (χ3n) is 3.97. The Balaban J connectivity index is 1.90. The van der Waals surface area contributed by atoms with Gasteiger partial charge in [0.1, 0.15) is 15.8 Å². The summed E-state index contributed by atoms with van der Waals surface area (Å²) in [6, 6.07) is 11.8. The summed E-state index contributed by atoms with van der Waals surface area (Å²) in [5.41, 5.74) is 1.44. The van der Waals surface area contributed by atoms with Crippen LogP contribution in [0.5, 0.6) is 11.5 Å². The maximum atomic E-state index is 11.1. The van der Waals surface area contributed by atoms with Gasteiger partial charge in [0.2, 0.25) is 0 Å². The molecule has 2 aromatic rings. The monoisotopic (exact) mass is 367 g/mol. The number of nitro benzene ring substituents is 1. The van der Waals surface area contributed by atoms with E-state index in [9.17, 15) is 10.1 Å². The number of benzene rings is 2. The minimum atomic E-state index is -0.721. The van der Waals surface area contributed by atoms with Crippen LogP contribution in [0.4, 0.5) is 5.69 Å². The van der Waals surface area contributed by atoms with E-state index < -0.39 is 9.26 Å². The van der Waals surface area contributed by atoms with Crippen molar-refractivity contribution in [3.8, 4) is 22.6 Å². The maximum Gasteiger partial charge on any atom is 0.270 e. The molecule has 0 aliphatic heterocycles. The molecule has 1 aliphatic carbocycles. The molecule has 0 N–H and O–H groups in total. The SMILES string of the molecule is COc1ccc(-c2cc([N+](=O)[O-])ccc2OC[C@@H]2CC2(Cl)Cl)cc1. The van der Waals surface area contributed by atoms with Gasteiger partial charge in [0.15, 0.2) is 0 Å². The zero-order valence-electron chi connectivity index (χ0n) is 12.9. The van der Waals surface area contributed by atoms with Crippen LogP contribution in [-0.2, 0) is 0 Å². The topological polar surface area (TPSA) is 61.6 Å². The number of hydrogen-bond acceptors (Lipinski definition) is 4. The van der Waals surface area contributed by atoms with Gasteiger partial charge in [-0.05, 0) is 30.2 Å². The third-order valence-corrected chi connectivity index (χ3v) is 4.90. The molecule has 24 heavy (non-hydrogen) atoms. The molecule has 1 saturated carbocycles. The van der Waals surface area contributed by atoms with Crippen LogP contribution in [0, 0.1) is 16.0 Å². The molecular formula is C17H15Cl2NO4. The number of ether oxygens (including phenoxy) is 2. The van der Waals surface area contributed by atoms with Gasteiger partial charge in [0.05, 0.1) is 18.6 Å². The van der Waals surface area contributed by atoms with Crippen LogP contribution < -0.4 is 9.47 Å². The van der Waals surface area contributed by atoms with Crippen LogP contribution in [-0.4, -0.2) is 23.0 Å². The highest BCUT2D eigenvalue weighted by molar-refractivity contribution is 6.50. The highest BCUT2D eigenvalue weighted by Gasteiger charge is 2.52. The molecule has 2 aromatic carbocycles. The van der Waals surface area contributed by atoms with Gasteiger partial charge in [-0.15, -0.1) is 23.2 Å². The first-order chi connectivity index (χ1) is 11.4. The average Bonchev–Trinajstić information content (AvgIpc) is 3.19. The molecule has 0 amide bonds. The van der Waals surface area contributed by atoms with E-state index in [2.05, 4.69) is 0 Å². The normalized spacial score (nSPS) is 18.0. The molecule has 0 spiro atoms. The lowest BCUT2D eigenvalue weighted by Gasteiger charge is -2.12. The van der Waals surface area contributed by atoms with E-state index in [4.69, 9.17) is 32.7 Å². The van der Waals surface area contributed by atoms with Crippen molar-refractivity contribution >= 4 is 28.9 Å². The number of halogens is 2. The second kappa shape index (κ2) is 6.49. The Labute approximate surface area is 149 Å². The molecule has 0 heterocycles. The number of nitrogens with zero attached hydrogens (tertiary/aromatic N) is 1. The van der Waals surface area contributed by atoms with Gasteiger partial charge >= 0.3 is 0 Å². The van der Waals surface area contributed by atoms with Crippen molar-refractivity contribution in [3.05, 3.63) is 52.6 Å². The van der Waals surface area contributed by atoms with Crippen LogP contribution in [0.3, 0.4) is 0 Å². The first-order valence-corrected chi connectivity index (χ1v) is 8.10. The fourth-order valence-corrected chi connectivity index (χ4v) is 2.89. The van der Waals surface area contributed by atoms with Crippen LogP contribution in [0.25, 0.3) is 11.1 Å². The smallest absolute Gasteiger partial charge is 0.270 e. The van der Waals surface area contributed by atoms with Crippen LogP contribution in [0.15, 0.2) is 42.5 Å². The quantitative estimate of drug-likeness (QED) is 0.416. The standard InChI is InChI=1S/C17H15Cl2NO4/c1-23-14-5-2-11(3-6-14)15-8-13(20(21)22)4-7-16(15)24-10-12-9-17(12,18)19/h2-8,12H,9-10H2,1H3/t12-/m0/s1. The largest absolute Gasteiger partial charge is 0.497 e. The van der Waals surface area contributed by atoms with E-state index in [-0.39, 0.29) is 11.6 Å². The molecule has 0 radical (unpaired) electrons. The van der Waals surface area contributed by atoms with Crippen molar-refractivity contribution in [1.82, 2.24) is 0 Å². The Morgan fingerprint density at radius 1 is 1.25 bits per heavy atom. The zero-order valence-corrected chi connectivity index (χ0v) is 14.4. The number of alkyl halides is 2. The number of hydrogen-bond donors (Lipinski definition) is 0. The number of non-ortho nitro benzene ring substituents is 1. The maximum absolute atomic E-state index is 11.1. The summed E-state index contributed by atoms with van der Waals surface area (Å²) in [6.45, 7) is 0.369. The summed E-state index contributed by atoms with van der Waals surface area (Å²) >= 11 is 12.0. The lowest BCUT2D eigenvalue weighted by atomic mass is 10.0. The van der Waals surface area contributed by atoms with E-state index in [0.29, 0.717) is 30.1 Å². The number of nitro groups is 1. The van der Waals surface area contributed by atoms with Gasteiger partial charge in [-0.2, -0.15) is 0 Å². The molecule has 0 unspecified atom stereocenters. The van der Waals surface area contributed by atoms with Crippen molar-refractivity contribution in [2.75, 3.05) is 13.7 Å². The van der Waals surface area contributed by atoms with E-state index in [1.807, 2.05) is 12.1 Å². The van der Waals surface area contributed by atoms with Gasteiger partial charge in [-0.25, -0.2) is 0 Å². The summed E-state index contributed by atoms with van der Waals surface area (Å²) in [5, 5.41) is 11.1. The minimum Gasteiger partial charge on any atom is -0.497 e. The van der Waals surface area contributed by atoms with Crippen LogP contribution in [0.1, 0.15) is 6.42 Å². The fourth-order valence-electron chi connectivity index (χ4n) is 2.39. The highest BCUT2D eigenvalue weighted by atomic mass is 35.5. The summed E-state index contributed by atoms with van der Waals surface area (Å²) in [7, 11) is 1.58. The lowest BCUT2D eigenvalue weighted by molar-refractivity contribution is -0.384. The molecule has 1 atom stereocenters. The molecule has 0 bridgehead atoms. The van der Waals surface area contributed by atoms with E-state index >= 15 is 0 Å². The second-order valence-corrected chi connectivity index (χ2v) is 7.18. The van der Waals surface area contributed by atoms with E-state index in [0.717, 1.165) is 5.56 Å². The van der Waals surface area contributed by atoms with Gasteiger partial charge < -0.3 is 9.47 Å². The first kappa shape index (κ1) is 16.9. The van der Waals surface area contributed by atoms with Crippen LogP contribution in [0.2, 0.25) is 0 Å². The first-order valence-electron chi connectivity index (χ1n) is 7.34. The van der Waals surface area contributed by atoms with E-state index in [1.54, 1.807) is 25.3 Å². The van der Waals surface area contributed by atoms with Gasteiger partial charge in [-0.1, -0.05) is 12.1 Å². The van der Waals surface area contributed by atoms with Crippen molar-refractivity contribution in [2.45, 2.75) is 10.8 Å². The van der Waals surface area contributed by atoms with E-state index in [1.165, 1.54) is 12.1 Å². The number of rotatable bonds is 6. The van der Waals surface area contributed by atoms with Crippen molar-refractivity contribution in [1.29, 1.82) is 0 Å². The van der Waals surface area contributed by atoms with Crippen LogP contribution >= 0.6 is 23.2 Å². The molecular weight excluding hydrogens is 353 g/mol. The van der Waals surface area contributed by atoms with Crippen molar-refractivity contribution < 1.29 is 14.4 Å². The molecule has 3 rings (SSSR count). The zero-order chi connectivity index (χ0) is 17.3. The molecule has 1 aliphatic rings. The summed E-state index contributed by atoms with van der Waals surface area (Å²) in [6.07, 6.45) is 0.682. The Kier molecular flexibility index (Phi) is 4.56. The molecule has 126 valence electrons.